The molecule has 90 valence electrons. The maximum absolute atomic E-state index is 12.0. The molecular weight excluding hydrogens is 228 g/mol. The fraction of sp³-hybridized carbons (Fsp3) is 0.800. The quantitative estimate of drug-likeness (QED) is 0.690. The summed E-state index contributed by atoms with van der Waals surface area (Å²) in [5, 5.41) is 9.14. The molecule has 0 radical (unpaired) electrons. The Balaban J connectivity index is 2.25. The highest BCUT2D eigenvalue weighted by Gasteiger charge is 2.41. The SMILES string of the molecule is N[C@H]1CCSC2CCCC(C(=O)O)N2C1=O. The lowest BCUT2D eigenvalue weighted by molar-refractivity contribution is -0.153. The first kappa shape index (κ1) is 11.7. The van der Waals surface area contributed by atoms with Gasteiger partial charge in [0, 0.05) is 0 Å². The van der Waals surface area contributed by atoms with Gasteiger partial charge >= 0.3 is 5.97 Å². The Labute approximate surface area is 98.4 Å². The molecule has 0 aliphatic carbocycles. The van der Waals surface area contributed by atoms with Crippen molar-refractivity contribution in [3.63, 3.8) is 0 Å². The average molecular weight is 244 g/mol. The van der Waals surface area contributed by atoms with E-state index in [-0.39, 0.29) is 11.3 Å². The molecule has 1 amide bonds. The molecule has 2 rings (SSSR count). The van der Waals surface area contributed by atoms with Gasteiger partial charge in [0.15, 0.2) is 0 Å². The normalized spacial score (nSPS) is 35.4. The van der Waals surface area contributed by atoms with Gasteiger partial charge in [0.05, 0.1) is 11.4 Å². The van der Waals surface area contributed by atoms with Crippen LogP contribution in [0.3, 0.4) is 0 Å². The summed E-state index contributed by atoms with van der Waals surface area (Å²) in [6.45, 7) is 0. The largest absolute Gasteiger partial charge is 0.480 e. The Bertz CT molecular complexity index is 310. The van der Waals surface area contributed by atoms with Gasteiger partial charge < -0.3 is 15.7 Å². The van der Waals surface area contributed by atoms with Crippen LogP contribution in [-0.2, 0) is 9.59 Å². The van der Waals surface area contributed by atoms with Gasteiger partial charge in [-0.15, -0.1) is 11.8 Å². The summed E-state index contributed by atoms with van der Waals surface area (Å²) in [6.07, 6.45) is 2.94. The number of carbonyl (C=O) groups is 2. The highest BCUT2D eigenvalue weighted by Crippen LogP contribution is 2.33. The topological polar surface area (TPSA) is 83.6 Å². The van der Waals surface area contributed by atoms with Crippen LogP contribution in [0.5, 0.6) is 0 Å². The number of amides is 1. The van der Waals surface area contributed by atoms with Crippen LogP contribution in [0.25, 0.3) is 0 Å². The molecule has 2 saturated heterocycles. The number of rotatable bonds is 1. The molecule has 2 aliphatic heterocycles. The van der Waals surface area contributed by atoms with Crippen LogP contribution < -0.4 is 5.73 Å². The van der Waals surface area contributed by atoms with Crippen molar-refractivity contribution in [1.29, 1.82) is 0 Å². The summed E-state index contributed by atoms with van der Waals surface area (Å²) < 4.78 is 0. The maximum Gasteiger partial charge on any atom is 0.326 e. The van der Waals surface area contributed by atoms with Gasteiger partial charge in [-0.3, -0.25) is 4.79 Å². The fourth-order valence-corrected chi connectivity index (χ4v) is 3.72. The van der Waals surface area contributed by atoms with Gasteiger partial charge in [-0.2, -0.15) is 0 Å². The summed E-state index contributed by atoms with van der Waals surface area (Å²) in [7, 11) is 0. The second-order valence-corrected chi connectivity index (χ2v) is 5.54. The molecule has 2 fully saturated rings. The number of fused-ring (bicyclic) bond motifs is 1. The maximum atomic E-state index is 12.0. The van der Waals surface area contributed by atoms with Gasteiger partial charge in [-0.25, -0.2) is 4.79 Å². The van der Waals surface area contributed by atoms with Crippen molar-refractivity contribution < 1.29 is 14.7 Å². The molecule has 0 aromatic heterocycles. The highest BCUT2D eigenvalue weighted by atomic mass is 32.2. The van der Waals surface area contributed by atoms with E-state index in [0.717, 1.165) is 18.6 Å². The number of carboxylic acid groups (broad SMARTS) is 1. The molecule has 3 atom stereocenters. The summed E-state index contributed by atoms with van der Waals surface area (Å²) in [6, 6.07) is -1.21. The molecule has 0 aromatic rings. The monoisotopic (exact) mass is 244 g/mol. The van der Waals surface area contributed by atoms with E-state index in [1.807, 2.05) is 0 Å². The second-order valence-electron chi connectivity index (χ2n) is 4.25. The van der Waals surface area contributed by atoms with Crippen LogP contribution in [0.4, 0.5) is 0 Å². The number of carboxylic acids is 1. The minimum absolute atomic E-state index is 0.0101. The van der Waals surface area contributed by atoms with Gasteiger partial charge in [0.2, 0.25) is 5.91 Å². The Hall–Kier alpha value is -0.750. The van der Waals surface area contributed by atoms with E-state index in [0.29, 0.717) is 12.8 Å². The Kier molecular flexibility index (Phi) is 3.39. The molecule has 3 N–H and O–H groups in total. The van der Waals surface area contributed by atoms with E-state index < -0.39 is 18.1 Å². The molecule has 2 aliphatic rings. The van der Waals surface area contributed by atoms with Gasteiger partial charge in [0.25, 0.3) is 0 Å². The lowest BCUT2D eigenvalue weighted by Crippen LogP contribution is -2.55. The highest BCUT2D eigenvalue weighted by molar-refractivity contribution is 7.99. The predicted octanol–water partition coefficient (Wildman–Crippen LogP) is 0.242. The van der Waals surface area contributed by atoms with E-state index in [1.54, 1.807) is 11.8 Å². The summed E-state index contributed by atoms with van der Waals surface area (Å²) in [4.78, 5) is 24.7. The second kappa shape index (κ2) is 4.63. The number of nitrogens with two attached hydrogens (primary N) is 1. The lowest BCUT2D eigenvalue weighted by atomic mass is 10.0. The average Bonchev–Trinajstić information content (AvgIpc) is 2.40. The number of thioether (sulfide) groups is 1. The fourth-order valence-electron chi connectivity index (χ4n) is 2.31. The van der Waals surface area contributed by atoms with Gasteiger partial charge in [0.1, 0.15) is 6.04 Å². The van der Waals surface area contributed by atoms with Crippen molar-refractivity contribution >= 4 is 23.6 Å². The van der Waals surface area contributed by atoms with E-state index in [4.69, 9.17) is 10.8 Å². The van der Waals surface area contributed by atoms with Crippen LogP contribution in [0.1, 0.15) is 25.7 Å². The number of hydrogen-bond donors (Lipinski definition) is 2. The molecule has 0 bridgehead atoms. The zero-order valence-corrected chi connectivity index (χ0v) is 9.78. The van der Waals surface area contributed by atoms with Crippen molar-refractivity contribution in [2.24, 2.45) is 5.73 Å². The third-order valence-electron chi connectivity index (χ3n) is 3.17. The zero-order chi connectivity index (χ0) is 11.7. The molecule has 0 aromatic carbocycles. The summed E-state index contributed by atoms with van der Waals surface area (Å²) in [5.41, 5.74) is 5.75. The zero-order valence-electron chi connectivity index (χ0n) is 8.96. The number of piperidine rings is 1. The van der Waals surface area contributed by atoms with Crippen molar-refractivity contribution in [2.45, 2.75) is 43.1 Å². The van der Waals surface area contributed by atoms with E-state index in [9.17, 15) is 9.59 Å². The van der Waals surface area contributed by atoms with Crippen molar-refractivity contribution in [2.75, 3.05) is 5.75 Å². The minimum Gasteiger partial charge on any atom is -0.480 e. The molecular formula is C10H16N2O3S. The lowest BCUT2D eigenvalue weighted by Gasteiger charge is -2.39. The molecule has 2 unspecified atom stereocenters. The molecule has 0 saturated carbocycles. The predicted molar refractivity (Wildman–Crippen MR) is 61.0 cm³/mol. The van der Waals surface area contributed by atoms with Gasteiger partial charge in [-0.05, 0) is 31.4 Å². The van der Waals surface area contributed by atoms with Crippen LogP contribution in [-0.4, -0.2) is 45.1 Å². The third kappa shape index (κ3) is 2.04. The number of carbonyl (C=O) groups excluding carboxylic acids is 1. The van der Waals surface area contributed by atoms with Crippen LogP contribution in [0.15, 0.2) is 0 Å². The smallest absolute Gasteiger partial charge is 0.326 e. The molecule has 6 heteroatoms. The van der Waals surface area contributed by atoms with Crippen molar-refractivity contribution in [3.8, 4) is 0 Å². The first-order valence-electron chi connectivity index (χ1n) is 5.53. The third-order valence-corrected chi connectivity index (χ3v) is 4.49. The van der Waals surface area contributed by atoms with E-state index in [1.165, 1.54) is 4.90 Å². The number of hydrogen-bond acceptors (Lipinski definition) is 4. The van der Waals surface area contributed by atoms with E-state index in [2.05, 4.69) is 0 Å². The Morgan fingerprint density at radius 2 is 2.19 bits per heavy atom. The Morgan fingerprint density at radius 1 is 1.44 bits per heavy atom. The number of aliphatic carboxylic acids is 1. The molecule has 5 nitrogen and oxygen atoms in total. The Morgan fingerprint density at radius 3 is 2.88 bits per heavy atom. The molecule has 2 heterocycles. The summed E-state index contributed by atoms with van der Waals surface area (Å²) in [5.74, 6) is -0.268. The molecule has 16 heavy (non-hydrogen) atoms. The number of nitrogens with zero attached hydrogens (tertiary/aromatic N) is 1. The minimum atomic E-state index is -0.909. The van der Waals surface area contributed by atoms with Crippen LogP contribution in [0.2, 0.25) is 0 Å². The first-order chi connectivity index (χ1) is 7.61. The molecule has 0 spiro atoms. The first-order valence-corrected chi connectivity index (χ1v) is 6.58. The van der Waals surface area contributed by atoms with Crippen molar-refractivity contribution in [1.82, 2.24) is 4.90 Å². The van der Waals surface area contributed by atoms with E-state index >= 15 is 0 Å². The van der Waals surface area contributed by atoms with Crippen LogP contribution in [0, 0.1) is 0 Å². The van der Waals surface area contributed by atoms with Crippen molar-refractivity contribution in [3.05, 3.63) is 0 Å². The van der Waals surface area contributed by atoms with Gasteiger partial charge in [-0.1, -0.05) is 0 Å². The van der Waals surface area contributed by atoms with Crippen LogP contribution >= 0.6 is 11.8 Å². The summed E-state index contributed by atoms with van der Waals surface area (Å²) >= 11 is 1.66. The standard InChI is InChI=1S/C10H16N2O3S/c11-6-4-5-16-8-3-1-2-7(10(14)15)12(8)9(6)13/h6-8H,1-5,11H2,(H,14,15)/t6-,7?,8?/m0/s1.